The maximum atomic E-state index is 9.36. The summed E-state index contributed by atoms with van der Waals surface area (Å²) in [4.78, 5) is 0. The Kier molecular flexibility index (Phi) is 3.45. The molecule has 21 heavy (non-hydrogen) atoms. The molecule has 3 rings (SSSR count). The van der Waals surface area contributed by atoms with Crippen LogP contribution in [-0.4, -0.2) is 4.57 Å². The summed E-state index contributed by atoms with van der Waals surface area (Å²) >= 11 is 6.43. The molecule has 0 aliphatic heterocycles. The number of benzene rings is 2. The van der Waals surface area contributed by atoms with Crippen LogP contribution in [0.2, 0.25) is 5.15 Å². The third-order valence-electron chi connectivity index (χ3n) is 3.69. The van der Waals surface area contributed by atoms with Crippen LogP contribution in [-0.2, 0) is 6.54 Å². The van der Waals surface area contributed by atoms with Crippen LogP contribution in [0.3, 0.4) is 0 Å². The highest BCUT2D eigenvalue weighted by atomic mass is 35.5. The molecule has 3 aromatic rings. The molecule has 0 saturated heterocycles. The number of hydrogen-bond donors (Lipinski definition) is 0. The molecule has 0 aliphatic carbocycles. The van der Waals surface area contributed by atoms with Gasteiger partial charge in [-0.1, -0.05) is 53.6 Å². The fraction of sp³-hybridized carbons (Fsp3) is 0.167. The molecule has 0 aliphatic rings. The van der Waals surface area contributed by atoms with Gasteiger partial charge in [-0.05, 0) is 31.0 Å². The lowest BCUT2D eigenvalue weighted by molar-refractivity contribution is 0.835. The third kappa shape index (κ3) is 2.41. The minimum absolute atomic E-state index is 0.514. The van der Waals surface area contributed by atoms with E-state index in [2.05, 4.69) is 37.3 Å². The van der Waals surface area contributed by atoms with E-state index < -0.39 is 0 Å². The topological polar surface area (TPSA) is 28.7 Å². The summed E-state index contributed by atoms with van der Waals surface area (Å²) in [6, 6.07) is 16.6. The summed E-state index contributed by atoms with van der Waals surface area (Å²) in [5, 5.41) is 10.8. The molecule has 104 valence electrons. The first kappa shape index (κ1) is 13.7. The number of halogens is 1. The van der Waals surface area contributed by atoms with Gasteiger partial charge in [0.2, 0.25) is 0 Å². The molecule has 0 fully saturated rings. The lowest BCUT2D eigenvalue weighted by atomic mass is 10.1. The first-order valence-electron chi connectivity index (χ1n) is 6.84. The molecule has 2 aromatic carbocycles. The van der Waals surface area contributed by atoms with Gasteiger partial charge in [0, 0.05) is 11.9 Å². The Labute approximate surface area is 129 Å². The van der Waals surface area contributed by atoms with Crippen LogP contribution in [0, 0.1) is 25.2 Å². The Morgan fingerprint density at radius 1 is 1.10 bits per heavy atom. The van der Waals surface area contributed by atoms with Crippen molar-refractivity contribution in [3.8, 4) is 6.07 Å². The lowest BCUT2D eigenvalue weighted by Crippen LogP contribution is -2.00. The second-order valence-electron chi connectivity index (χ2n) is 5.37. The molecule has 0 saturated carbocycles. The molecule has 0 radical (unpaired) electrons. The van der Waals surface area contributed by atoms with E-state index in [1.165, 1.54) is 11.1 Å². The number of hydrogen-bond acceptors (Lipinski definition) is 1. The van der Waals surface area contributed by atoms with Crippen LogP contribution >= 0.6 is 11.6 Å². The number of rotatable bonds is 2. The number of nitrogens with zero attached hydrogens (tertiary/aromatic N) is 2. The van der Waals surface area contributed by atoms with E-state index in [1.54, 1.807) is 0 Å². The van der Waals surface area contributed by atoms with Gasteiger partial charge in [0.05, 0.1) is 11.1 Å². The van der Waals surface area contributed by atoms with Crippen molar-refractivity contribution in [3.63, 3.8) is 0 Å². The van der Waals surface area contributed by atoms with Crippen LogP contribution in [0.5, 0.6) is 0 Å². The van der Waals surface area contributed by atoms with Crippen molar-refractivity contribution < 1.29 is 0 Å². The monoisotopic (exact) mass is 294 g/mol. The van der Waals surface area contributed by atoms with E-state index in [0.29, 0.717) is 17.3 Å². The van der Waals surface area contributed by atoms with Crippen LogP contribution in [0.25, 0.3) is 10.9 Å². The van der Waals surface area contributed by atoms with Gasteiger partial charge in [-0.15, -0.1) is 0 Å². The molecule has 0 spiro atoms. The van der Waals surface area contributed by atoms with Crippen molar-refractivity contribution >= 4 is 22.5 Å². The second-order valence-corrected chi connectivity index (χ2v) is 5.73. The Morgan fingerprint density at radius 3 is 2.57 bits per heavy atom. The van der Waals surface area contributed by atoms with Crippen molar-refractivity contribution in [1.82, 2.24) is 4.57 Å². The molecule has 1 heterocycles. The zero-order valence-electron chi connectivity index (χ0n) is 12.0. The van der Waals surface area contributed by atoms with Crippen molar-refractivity contribution in [3.05, 3.63) is 69.9 Å². The summed E-state index contributed by atoms with van der Waals surface area (Å²) in [5.41, 5.74) is 5.13. The fourth-order valence-electron chi connectivity index (χ4n) is 2.68. The van der Waals surface area contributed by atoms with Crippen molar-refractivity contribution in [2.75, 3.05) is 0 Å². The molecule has 2 nitrogen and oxygen atoms in total. The first-order chi connectivity index (χ1) is 10.1. The van der Waals surface area contributed by atoms with E-state index in [9.17, 15) is 5.26 Å². The van der Waals surface area contributed by atoms with Crippen LogP contribution in [0.15, 0.2) is 42.5 Å². The Bertz CT molecular complexity index is 869. The molecule has 0 N–H and O–H groups in total. The van der Waals surface area contributed by atoms with E-state index in [-0.39, 0.29) is 0 Å². The molecule has 0 atom stereocenters. The Balaban J connectivity index is 2.20. The van der Waals surface area contributed by atoms with E-state index in [0.717, 1.165) is 16.5 Å². The lowest BCUT2D eigenvalue weighted by Gasteiger charge is -2.08. The Morgan fingerprint density at radius 2 is 1.86 bits per heavy atom. The van der Waals surface area contributed by atoms with Gasteiger partial charge in [-0.25, -0.2) is 0 Å². The predicted octanol–water partition coefficient (Wildman–Crippen LogP) is 4.83. The number of fused-ring (bicyclic) bond motifs is 1. The average molecular weight is 295 g/mol. The zero-order valence-corrected chi connectivity index (χ0v) is 12.8. The number of aryl methyl sites for hydroxylation is 2. The van der Waals surface area contributed by atoms with Crippen LogP contribution in [0.4, 0.5) is 0 Å². The smallest absolute Gasteiger partial charge is 0.128 e. The predicted molar refractivity (Wildman–Crippen MR) is 86.7 cm³/mol. The van der Waals surface area contributed by atoms with Gasteiger partial charge in [0.25, 0.3) is 0 Å². The van der Waals surface area contributed by atoms with Gasteiger partial charge in [0.15, 0.2) is 0 Å². The quantitative estimate of drug-likeness (QED) is 0.665. The van der Waals surface area contributed by atoms with Gasteiger partial charge < -0.3 is 4.57 Å². The van der Waals surface area contributed by atoms with Crippen molar-refractivity contribution in [1.29, 1.82) is 5.26 Å². The number of nitriles is 1. The van der Waals surface area contributed by atoms with Gasteiger partial charge >= 0.3 is 0 Å². The van der Waals surface area contributed by atoms with Crippen molar-refractivity contribution in [2.24, 2.45) is 0 Å². The molecule has 0 bridgehead atoms. The van der Waals surface area contributed by atoms with Crippen LogP contribution in [0.1, 0.15) is 22.3 Å². The summed E-state index contributed by atoms with van der Waals surface area (Å²) < 4.78 is 2.01. The largest absolute Gasteiger partial charge is 0.326 e. The molecule has 1 aromatic heterocycles. The summed E-state index contributed by atoms with van der Waals surface area (Å²) in [6.07, 6.45) is 0. The SMILES string of the molecule is Cc1cccc(Cn2c(Cl)c(C#N)c3ccc(C)cc32)c1. The third-order valence-corrected chi connectivity index (χ3v) is 4.08. The first-order valence-corrected chi connectivity index (χ1v) is 7.22. The maximum absolute atomic E-state index is 9.36. The highest BCUT2D eigenvalue weighted by molar-refractivity contribution is 6.32. The summed E-state index contributed by atoms with van der Waals surface area (Å²) in [6.45, 7) is 4.79. The standard InChI is InChI=1S/C18H15ClN2/c1-12-4-3-5-14(8-12)11-21-17-9-13(2)6-7-15(17)16(10-20)18(21)19/h3-9H,11H2,1-2H3. The number of aromatic nitrogens is 1. The summed E-state index contributed by atoms with van der Waals surface area (Å²) in [7, 11) is 0. The van der Waals surface area contributed by atoms with E-state index in [4.69, 9.17) is 11.6 Å². The highest BCUT2D eigenvalue weighted by Crippen LogP contribution is 2.31. The minimum atomic E-state index is 0.514. The average Bonchev–Trinajstić information content (AvgIpc) is 2.71. The minimum Gasteiger partial charge on any atom is -0.326 e. The molecule has 0 unspecified atom stereocenters. The fourth-order valence-corrected chi connectivity index (χ4v) is 2.98. The maximum Gasteiger partial charge on any atom is 0.128 e. The zero-order chi connectivity index (χ0) is 15.0. The second kappa shape index (κ2) is 5.27. The molecular weight excluding hydrogens is 280 g/mol. The Hall–Kier alpha value is -2.24. The van der Waals surface area contributed by atoms with Gasteiger partial charge in [0.1, 0.15) is 11.2 Å². The van der Waals surface area contributed by atoms with Gasteiger partial charge in [-0.2, -0.15) is 5.26 Å². The normalized spacial score (nSPS) is 10.8. The highest BCUT2D eigenvalue weighted by Gasteiger charge is 2.15. The van der Waals surface area contributed by atoms with Crippen molar-refractivity contribution in [2.45, 2.75) is 20.4 Å². The molecular formula is C18H15ClN2. The molecule has 0 amide bonds. The van der Waals surface area contributed by atoms with Crippen LogP contribution < -0.4 is 0 Å². The van der Waals surface area contributed by atoms with E-state index >= 15 is 0 Å². The molecule has 3 heteroatoms. The summed E-state index contributed by atoms with van der Waals surface area (Å²) in [5.74, 6) is 0. The van der Waals surface area contributed by atoms with Gasteiger partial charge in [-0.3, -0.25) is 0 Å². The van der Waals surface area contributed by atoms with E-state index in [1.807, 2.05) is 29.7 Å².